The topological polar surface area (TPSA) is 63.4 Å². The van der Waals surface area contributed by atoms with Gasteiger partial charge in [0.25, 0.3) is 0 Å². The molecule has 1 aromatic heterocycles. The van der Waals surface area contributed by atoms with Crippen LogP contribution in [0.25, 0.3) is 17.5 Å². The molecule has 0 spiro atoms. The highest BCUT2D eigenvalue weighted by atomic mass is 32.2. The third-order valence-electron chi connectivity index (χ3n) is 5.45. The maximum absolute atomic E-state index is 5.83. The molecular weight excluding hydrogens is 420 g/mol. The summed E-state index contributed by atoms with van der Waals surface area (Å²) >= 11 is 1.72. The summed E-state index contributed by atoms with van der Waals surface area (Å²) in [5.74, 6) is 3.63. The van der Waals surface area contributed by atoms with E-state index in [1.807, 2.05) is 42.5 Å². The van der Waals surface area contributed by atoms with E-state index in [0.717, 1.165) is 43.1 Å². The minimum atomic E-state index is 0.562. The van der Waals surface area contributed by atoms with Gasteiger partial charge in [0.1, 0.15) is 5.75 Å². The lowest BCUT2D eigenvalue weighted by Crippen LogP contribution is -2.48. The molecule has 1 atom stereocenters. The number of nitrogens with one attached hydrogen (secondary N) is 1. The fourth-order valence-electron chi connectivity index (χ4n) is 3.55. The molecule has 1 N–H and O–H groups in total. The Bertz CT molecular complexity index is 975. The fraction of sp³-hybridized carbons (Fsp3) is 0.360. The highest BCUT2D eigenvalue weighted by Gasteiger charge is 2.16. The molecule has 3 aromatic rings. The minimum Gasteiger partial charge on any atom is -0.493 e. The predicted molar refractivity (Wildman–Crippen MR) is 131 cm³/mol. The molecule has 1 aliphatic rings. The maximum Gasteiger partial charge on any atom is 0.247 e. The van der Waals surface area contributed by atoms with Gasteiger partial charge in [0.2, 0.25) is 11.8 Å². The second-order valence-electron chi connectivity index (χ2n) is 7.81. The van der Waals surface area contributed by atoms with Crippen LogP contribution in [0.1, 0.15) is 17.9 Å². The van der Waals surface area contributed by atoms with Crippen LogP contribution in [0.5, 0.6) is 5.75 Å². The lowest BCUT2D eigenvalue weighted by Gasteiger charge is -2.32. The van der Waals surface area contributed by atoms with Crippen molar-refractivity contribution in [1.82, 2.24) is 20.4 Å². The van der Waals surface area contributed by atoms with Crippen LogP contribution in [0.3, 0.4) is 0 Å². The first-order valence-electron chi connectivity index (χ1n) is 11.0. The first kappa shape index (κ1) is 22.6. The first-order chi connectivity index (χ1) is 15.8. The molecule has 0 bridgehead atoms. The third kappa shape index (κ3) is 6.69. The van der Waals surface area contributed by atoms with Gasteiger partial charge in [-0.15, -0.1) is 22.0 Å². The number of rotatable bonds is 10. The Kier molecular flexibility index (Phi) is 8.36. The molecule has 6 nitrogen and oxygen atoms in total. The van der Waals surface area contributed by atoms with Gasteiger partial charge in [-0.1, -0.05) is 42.5 Å². The van der Waals surface area contributed by atoms with Gasteiger partial charge in [0.05, 0.1) is 12.4 Å². The molecule has 1 fully saturated rings. The number of likely N-dealkylation sites (N-methyl/N-ethyl adjacent to an activating group) is 1. The van der Waals surface area contributed by atoms with E-state index in [1.165, 1.54) is 5.56 Å². The number of aromatic nitrogens is 2. The molecule has 1 unspecified atom stereocenters. The number of piperazine rings is 1. The Labute approximate surface area is 194 Å². The first-order valence-corrected chi connectivity index (χ1v) is 12.2. The van der Waals surface area contributed by atoms with Gasteiger partial charge in [-0.3, -0.25) is 0 Å². The molecule has 0 amide bonds. The van der Waals surface area contributed by atoms with Crippen LogP contribution in [0, 0.1) is 0 Å². The molecule has 0 aliphatic carbocycles. The molecule has 2 aromatic carbocycles. The van der Waals surface area contributed by atoms with Crippen LogP contribution in [-0.2, 0) is 5.75 Å². The van der Waals surface area contributed by atoms with E-state index in [4.69, 9.17) is 9.15 Å². The van der Waals surface area contributed by atoms with Gasteiger partial charge in [-0.05, 0) is 43.3 Å². The molecule has 1 saturated heterocycles. The van der Waals surface area contributed by atoms with Gasteiger partial charge < -0.3 is 19.4 Å². The van der Waals surface area contributed by atoms with Crippen molar-refractivity contribution in [1.29, 1.82) is 0 Å². The van der Waals surface area contributed by atoms with Gasteiger partial charge in [-0.25, -0.2) is 0 Å². The molecule has 1 aliphatic heterocycles. The standard InChI is InChI=1S/C25H30N4O2S/c1-29-15-14-26-18-22(29)7-5-6-20-10-12-21(13-11-20)25-28-27-24(31-25)19-32-17-16-30-23-8-3-2-4-9-23/h2-6,8-13,22,26H,7,14-19H2,1H3/b6-5+. The zero-order chi connectivity index (χ0) is 22.0. The molecule has 0 saturated carbocycles. The van der Waals surface area contributed by atoms with Crippen molar-refractivity contribution in [2.75, 3.05) is 39.0 Å². The van der Waals surface area contributed by atoms with Crippen molar-refractivity contribution in [2.24, 2.45) is 0 Å². The Balaban J connectivity index is 1.21. The van der Waals surface area contributed by atoms with Crippen LogP contribution >= 0.6 is 11.8 Å². The number of nitrogens with zero attached hydrogens (tertiary/aromatic N) is 3. The summed E-state index contributed by atoms with van der Waals surface area (Å²) < 4.78 is 11.5. The number of hydrogen-bond donors (Lipinski definition) is 1. The van der Waals surface area contributed by atoms with Crippen LogP contribution < -0.4 is 10.1 Å². The van der Waals surface area contributed by atoms with Crippen LogP contribution in [0.15, 0.2) is 65.1 Å². The molecule has 2 heterocycles. The maximum atomic E-state index is 5.83. The van der Waals surface area contributed by atoms with Crippen LogP contribution in [0.2, 0.25) is 0 Å². The van der Waals surface area contributed by atoms with Gasteiger partial charge in [-0.2, -0.15) is 0 Å². The quantitative estimate of drug-likeness (QED) is 0.461. The third-order valence-corrected chi connectivity index (χ3v) is 6.36. The summed E-state index contributed by atoms with van der Waals surface area (Å²) in [7, 11) is 2.20. The lowest BCUT2D eigenvalue weighted by atomic mass is 10.1. The molecule has 4 rings (SSSR count). The molecule has 32 heavy (non-hydrogen) atoms. The minimum absolute atomic E-state index is 0.562. The predicted octanol–water partition coefficient (Wildman–Crippen LogP) is 4.36. The van der Waals surface area contributed by atoms with Crippen molar-refractivity contribution in [3.8, 4) is 17.2 Å². The van der Waals surface area contributed by atoms with E-state index in [1.54, 1.807) is 11.8 Å². The van der Waals surface area contributed by atoms with E-state index in [-0.39, 0.29) is 0 Å². The number of para-hydroxylation sites is 1. The summed E-state index contributed by atoms with van der Waals surface area (Å²) in [5, 5.41) is 11.8. The number of ether oxygens (including phenoxy) is 1. The van der Waals surface area contributed by atoms with Crippen LogP contribution in [0.4, 0.5) is 0 Å². The van der Waals surface area contributed by atoms with Crippen molar-refractivity contribution < 1.29 is 9.15 Å². The fourth-order valence-corrected chi connectivity index (χ4v) is 4.18. The summed E-state index contributed by atoms with van der Waals surface area (Å²) in [5.41, 5.74) is 2.11. The largest absolute Gasteiger partial charge is 0.493 e. The molecular formula is C25H30N4O2S. The number of benzene rings is 2. The second-order valence-corrected chi connectivity index (χ2v) is 8.92. The zero-order valence-electron chi connectivity index (χ0n) is 18.4. The summed E-state index contributed by atoms with van der Waals surface area (Å²) in [6, 6.07) is 18.7. The zero-order valence-corrected chi connectivity index (χ0v) is 19.3. The second kappa shape index (κ2) is 11.9. The van der Waals surface area contributed by atoms with E-state index < -0.39 is 0 Å². The van der Waals surface area contributed by atoms with E-state index in [9.17, 15) is 0 Å². The highest BCUT2D eigenvalue weighted by Crippen LogP contribution is 2.21. The average Bonchev–Trinajstić information content (AvgIpc) is 3.30. The van der Waals surface area contributed by atoms with E-state index >= 15 is 0 Å². The lowest BCUT2D eigenvalue weighted by molar-refractivity contribution is 0.202. The molecule has 7 heteroatoms. The van der Waals surface area contributed by atoms with Crippen molar-refractivity contribution in [3.05, 3.63) is 72.1 Å². The smallest absolute Gasteiger partial charge is 0.247 e. The van der Waals surface area contributed by atoms with Gasteiger partial charge in [0, 0.05) is 37.0 Å². The van der Waals surface area contributed by atoms with E-state index in [2.05, 4.69) is 51.7 Å². The summed E-state index contributed by atoms with van der Waals surface area (Å²) in [6.07, 6.45) is 5.48. The number of thioether (sulfide) groups is 1. The average molecular weight is 451 g/mol. The summed E-state index contributed by atoms with van der Waals surface area (Å²) in [4.78, 5) is 2.42. The monoisotopic (exact) mass is 450 g/mol. The van der Waals surface area contributed by atoms with Crippen LogP contribution in [-0.4, -0.2) is 60.2 Å². The van der Waals surface area contributed by atoms with E-state index in [0.29, 0.717) is 30.2 Å². The van der Waals surface area contributed by atoms with Crippen molar-refractivity contribution in [3.63, 3.8) is 0 Å². The Morgan fingerprint density at radius 1 is 1.16 bits per heavy atom. The Morgan fingerprint density at radius 2 is 2.00 bits per heavy atom. The SMILES string of the molecule is CN1CCNCC1C/C=C/c1ccc(-c2nnc(CSCCOc3ccccc3)o2)cc1. The Hall–Kier alpha value is -2.61. The number of hydrogen-bond acceptors (Lipinski definition) is 7. The van der Waals surface area contributed by atoms with Crippen molar-refractivity contribution in [2.45, 2.75) is 18.2 Å². The van der Waals surface area contributed by atoms with Gasteiger partial charge >= 0.3 is 0 Å². The summed E-state index contributed by atoms with van der Waals surface area (Å²) in [6.45, 7) is 3.89. The van der Waals surface area contributed by atoms with Gasteiger partial charge in [0.15, 0.2) is 0 Å². The highest BCUT2D eigenvalue weighted by molar-refractivity contribution is 7.98. The normalized spacial score (nSPS) is 17.1. The Morgan fingerprint density at radius 3 is 2.81 bits per heavy atom. The molecule has 0 radical (unpaired) electrons. The molecule has 168 valence electrons. The van der Waals surface area contributed by atoms with Crippen molar-refractivity contribution >= 4 is 17.8 Å².